The number of carbonyl (C=O) groups excluding carboxylic acids is 1. The predicted octanol–water partition coefficient (Wildman–Crippen LogP) is 5.52. The summed E-state index contributed by atoms with van der Waals surface area (Å²) >= 11 is 4.09. The molecule has 0 rings (SSSR count). The van der Waals surface area contributed by atoms with E-state index in [4.69, 9.17) is 0 Å². The topological polar surface area (TPSA) is 72.3 Å². The lowest BCUT2D eigenvalue weighted by atomic mass is 10.0. The van der Waals surface area contributed by atoms with Crippen LogP contribution in [0.1, 0.15) is 110 Å². The molecule has 1 amide bonds. The third-order valence-electron chi connectivity index (χ3n) is 4.49. The molecular weight excluding hydrogens is 342 g/mol. The number of thiocarbonyl (C=S) groups is 1. The molecule has 0 fully saturated rings. The van der Waals surface area contributed by atoms with Gasteiger partial charge >= 0.3 is 0 Å². The van der Waals surface area contributed by atoms with Crippen LogP contribution in [0.5, 0.6) is 0 Å². The zero-order valence-corrected chi connectivity index (χ0v) is 18.5. The molecule has 0 saturated carbocycles. The second-order valence-electron chi connectivity index (χ2n) is 7.39. The Morgan fingerprint density at radius 3 is 1.23 bits per heavy atom. The number of carbonyl (C=O) groups is 1. The molecule has 156 valence electrons. The van der Waals surface area contributed by atoms with E-state index in [9.17, 15) is 4.79 Å². The van der Waals surface area contributed by atoms with Crippen molar-refractivity contribution in [1.29, 1.82) is 0 Å². The second-order valence-corrected chi connectivity index (χ2v) is 7.86. The third kappa shape index (κ3) is 28.0. The first-order valence-electron chi connectivity index (χ1n) is 10.7. The first kappa shape index (κ1) is 27.4. The number of hydrogen-bond donors (Lipinski definition) is 2. The minimum absolute atomic E-state index is 0.000000000000000222. The highest BCUT2D eigenvalue weighted by molar-refractivity contribution is 7.80. The maximum Gasteiger partial charge on any atom is 0.222 e. The van der Waals surface area contributed by atoms with Crippen LogP contribution in [-0.2, 0) is 4.79 Å². The summed E-state index contributed by atoms with van der Waals surface area (Å²) < 4.78 is 0. The van der Waals surface area contributed by atoms with Gasteiger partial charge in [0.2, 0.25) is 5.91 Å². The van der Waals surface area contributed by atoms with E-state index in [-0.39, 0.29) is 11.0 Å². The Hall–Kier alpha value is -0.840. The molecule has 0 aliphatic heterocycles. The number of nitrogens with two attached hydrogens (primary N) is 2. The summed E-state index contributed by atoms with van der Waals surface area (Å²) in [7, 11) is 3.68. The van der Waals surface area contributed by atoms with Crippen LogP contribution in [-0.4, -0.2) is 30.0 Å². The average molecular weight is 388 g/mol. The van der Waals surface area contributed by atoms with Crippen molar-refractivity contribution in [3.63, 3.8) is 0 Å². The molecule has 0 heterocycles. The van der Waals surface area contributed by atoms with E-state index >= 15 is 0 Å². The van der Waals surface area contributed by atoms with Crippen LogP contribution >= 0.6 is 12.2 Å². The van der Waals surface area contributed by atoms with Gasteiger partial charge in [-0.3, -0.25) is 4.79 Å². The molecule has 0 aromatic rings. The van der Waals surface area contributed by atoms with Gasteiger partial charge in [0.25, 0.3) is 0 Å². The lowest BCUT2D eigenvalue weighted by Gasteiger charge is -2.09. The van der Waals surface area contributed by atoms with E-state index < -0.39 is 0 Å². The molecule has 0 bridgehead atoms. The Labute approximate surface area is 168 Å². The van der Waals surface area contributed by atoms with Gasteiger partial charge in [-0.2, -0.15) is 0 Å². The molecule has 26 heavy (non-hydrogen) atoms. The van der Waals surface area contributed by atoms with Gasteiger partial charge in [-0.05, 0) is 18.6 Å². The van der Waals surface area contributed by atoms with Crippen molar-refractivity contribution >= 4 is 23.2 Å². The lowest BCUT2D eigenvalue weighted by molar-refractivity contribution is -0.128. The van der Waals surface area contributed by atoms with Crippen molar-refractivity contribution in [2.24, 2.45) is 11.5 Å². The van der Waals surface area contributed by atoms with Gasteiger partial charge in [0.15, 0.2) is 5.11 Å². The van der Waals surface area contributed by atoms with Crippen LogP contribution in [0.25, 0.3) is 0 Å². The molecule has 0 aliphatic carbocycles. The Balaban J connectivity index is 0. The first-order valence-corrected chi connectivity index (χ1v) is 11.1. The standard InChI is InChI=1S/C20H41NO.CH4N2S/c1-4-5-6-7-8-9-10-11-12-13-14-15-16-17-18-19-20(22)21(2)3;2-1(3)4/h4-19H2,1-3H3;(H4,2,3,4). The second kappa shape index (κ2) is 22.2. The monoisotopic (exact) mass is 387 g/mol. The molecule has 0 aromatic heterocycles. The van der Waals surface area contributed by atoms with Gasteiger partial charge < -0.3 is 16.4 Å². The van der Waals surface area contributed by atoms with Crippen LogP contribution in [0.2, 0.25) is 0 Å². The van der Waals surface area contributed by atoms with Crippen LogP contribution in [0.3, 0.4) is 0 Å². The van der Waals surface area contributed by atoms with Gasteiger partial charge in [0.1, 0.15) is 0 Å². The largest absolute Gasteiger partial charge is 0.377 e. The summed E-state index contributed by atoms with van der Waals surface area (Å²) in [5.41, 5.74) is 9.24. The highest BCUT2D eigenvalue weighted by atomic mass is 32.1. The summed E-state index contributed by atoms with van der Waals surface area (Å²) in [6.45, 7) is 2.28. The van der Waals surface area contributed by atoms with E-state index in [2.05, 4.69) is 30.6 Å². The van der Waals surface area contributed by atoms with Crippen molar-refractivity contribution in [2.45, 2.75) is 110 Å². The zero-order chi connectivity index (χ0) is 20.0. The number of amides is 1. The van der Waals surface area contributed by atoms with E-state index in [1.807, 2.05) is 14.1 Å². The van der Waals surface area contributed by atoms with Crippen LogP contribution in [0.15, 0.2) is 0 Å². The number of rotatable bonds is 16. The van der Waals surface area contributed by atoms with Crippen LogP contribution in [0, 0.1) is 0 Å². The predicted molar refractivity (Wildman–Crippen MR) is 119 cm³/mol. The van der Waals surface area contributed by atoms with Gasteiger partial charge in [-0.1, -0.05) is 96.8 Å². The molecular formula is C21H45N3OS. The van der Waals surface area contributed by atoms with E-state index in [1.54, 1.807) is 4.90 Å². The summed E-state index contributed by atoms with van der Waals surface area (Å²) in [6, 6.07) is 0. The van der Waals surface area contributed by atoms with Crippen LogP contribution in [0.4, 0.5) is 0 Å². The normalized spacial score (nSPS) is 10.1. The molecule has 0 spiro atoms. The Morgan fingerprint density at radius 1 is 0.692 bits per heavy atom. The molecule has 0 saturated heterocycles. The van der Waals surface area contributed by atoms with Gasteiger partial charge in [-0.25, -0.2) is 0 Å². The molecule has 0 atom stereocenters. The SMILES string of the molecule is CCCCCCCCCCCCCCCCCC(=O)N(C)C.NC(N)=S. The molecule has 0 unspecified atom stereocenters. The smallest absolute Gasteiger partial charge is 0.222 e. The maximum atomic E-state index is 11.4. The van der Waals surface area contributed by atoms with Crippen molar-refractivity contribution in [1.82, 2.24) is 4.90 Å². The van der Waals surface area contributed by atoms with E-state index in [0.29, 0.717) is 0 Å². The average Bonchev–Trinajstić information content (AvgIpc) is 2.57. The first-order chi connectivity index (χ1) is 12.4. The summed E-state index contributed by atoms with van der Waals surface area (Å²) in [5.74, 6) is 0.273. The van der Waals surface area contributed by atoms with E-state index in [0.717, 1.165) is 12.8 Å². The van der Waals surface area contributed by atoms with Gasteiger partial charge in [-0.15, -0.1) is 0 Å². The molecule has 4 N–H and O–H groups in total. The fourth-order valence-corrected chi connectivity index (χ4v) is 2.87. The molecule has 0 aromatic carbocycles. The van der Waals surface area contributed by atoms with Crippen molar-refractivity contribution in [2.75, 3.05) is 14.1 Å². The van der Waals surface area contributed by atoms with Crippen molar-refractivity contribution in [3.8, 4) is 0 Å². The zero-order valence-electron chi connectivity index (χ0n) is 17.7. The molecule has 4 nitrogen and oxygen atoms in total. The number of nitrogens with zero attached hydrogens (tertiary/aromatic N) is 1. The Bertz CT molecular complexity index is 318. The Morgan fingerprint density at radius 2 is 0.962 bits per heavy atom. The number of hydrogen-bond acceptors (Lipinski definition) is 2. The minimum atomic E-state index is 0.000000000000000222. The minimum Gasteiger partial charge on any atom is -0.377 e. The van der Waals surface area contributed by atoms with E-state index in [1.165, 1.54) is 89.9 Å². The quantitative estimate of drug-likeness (QED) is 0.270. The maximum absolute atomic E-state index is 11.4. The fraction of sp³-hybridized carbons (Fsp3) is 0.905. The van der Waals surface area contributed by atoms with Gasteiger partial charge in [0.05, 0.1) is 0 Å². The highest BCUT2D eigenvalue weighted by Crippen LogP contribution is 2.13. The highest BCUT2D eigenvalue weighted by Gasteiger charge is 2.02. The van der Waals surface area contributed by atoms with Crippen LogP contribution < -0.4 is 11.5 Å². The van der Waals surface area contributed by atoms with Crippen molar-refractivity contribution < 1.29 is 4.79 Å². The Kier molecular flexibility index (Phi) is 23.4. The molecule has 0 aliphatic rings. The lowest BCUT2D eigenvalue weighted by Crippen LogP contribution is -2.20. The summed E-state index contributed by atoms with van der Waals surface area (Å²) in [5, 5.41) is 0.000000000000000222. The molecule has 0 radical (unpaired) electrons. The van der Waals surface area contributed by atoms with Crippen molar-refractivity contribution in [3.05, 3.63) is 0 Å². The number of unbranched alkanes of at least 4 members (excludes halogenated alkanes) is 14. The molecule has 5 heteroatoms. The third-order valence-corrected chi connectivity index (χ3v) is 4.49. The van der Waals surface area contributed by atoms with Gasteiger partial charge in [0, 0.05) is 20.5 Å². The summed E-state index contributed by atoms with van der Waals surface area (Å²) in [4.78, 5) is 13.1. The summed E-state index contributed by atoms with van der Waals surface area (Å²) in [6.07, 6.45) is 21.3. The fourth-order valence-electron chi connectivity index (χ4n) is 2.87.